The van der Waals surface area contributed by atoms with Crippen LogP contribution in [-0.2, 0) is 4.79 Å². The van der Waals surface area contributed by atoms with Crippen LogP contribution in [0.4, 0.5) is 4.39 Å². The Labute approximate surface area is 113 Å². The number of hydrogen-bond acceptors (Lipinski definition) is 2. The third kappa shape index (κ3) is 4.31. The molecule has 19 heavy (non-hydrogen) atoms. The van der Waals surface area contributed by atoms with Gasteiger partial charge in [0.1, 0.15) is 5.82 Å². The van der Waals surface area contributed by atoms with Crippen LogP contribution in [0.5, 0.6) is 0 Å². The first-order chi connectivity index (χ1) is 9.06. The molecule has 104 valence electrons. The number of benzene rings is 1. The zero-order chi connectivity index (χ0) is 13.8. The van der Waals surface area contributed by atoms with E-state index in [0.29, 0.717) is 18.9 Å². The van der Waals surface area contributed by atoms with Gasteiger partial charge in [0.25, 0.3) is 0 Å². The van der Waals surface area contributed by atoms with Crippen LogP contribution in [0.3, 0.4) is 0 Å². The molecular formula is C15H21FN2O. The van der Waals surface area contributed by atoms with E-state index in [1.165, 1.54) is 25.0 Å². The maximum atomic E-state index is 12.8. The van der Waals surface area contributed by atoms with Gasteiger partial charge < -0.3 is 11.1 Å². The summed E-state index contributed by atoms with van der Waals surface area (Å²) in [6.45, 7) is 2.52. The molecule has 3 N–H and O–H groups in total. The van der Waals surface area contributed by atoms with Gasteiger partial charge in [-0.25, -0.2) is 4.39 Å². The van der Waals surface area contributed by atoms with E-state index in [4.69, 9.17) is 5.73 Å². The van der Waals surface area contributed by atoms with Crippen molar-refractivity contribution in [1.29, 1.82) is 0 Å². The lowest BCUT2D eigenvalue weighted by atomic mass is 9.97. The summed E-state index contributed by atoms with van der Waals surface area (Å²) in [5.41, 5.74) is 6.90. The molecule has 0 aliphatic heterocycles. The fourth-order valence-electron chi connectivity index (χ4n) is 2.18. The van der Waals surface area contributed by atoms with Crippen LogP contribution in [0.15, 0.2) is 24.3 Å². The fourth-order valence-corrected chi connectivity index (χ4v) is 2.18. The number of carbonyl (C=O) groups excluding carboxylic acids is 1. The number of carbonyl (C=O) groups is 1. The monoisotopic (exact) mass is 264 g/mol. The number of rotatable bonds is 6. The molecule has 1 aromatic carbocycles. The topological polar surface area (TPSA) is 55.1 Å². The first-order valence-electron chi connectivity index (χ1n) is 6.84. The maximum Gasteiger partial charge on any atom is 0.220 e. The third-order valence-electron chi connectivity index (χ3n) is 3.69. The van der Waals surface area contributed by atoms with Crippen molar-refractivity contribution < 1.29 is 9.18 Å². The highest BCUT2D eigenvalue weighted by molar-refractivity contribution is 5.76. The molecule has 1 fully saturated rings. The molecule has 0 spiro atoms. The Balaban J connectivity index is 1.76. The summed E-state index contributed by atoms with van der Waals surface area (Å²) in [6, 6.07) is 6.39. The summed E-state index contributed by atoms with van der Waals surface area (Å²) >= 11 is 0. The Bertz CT molecular complexity index is 428. The molecule has 0 aromatic heterocycles. The number of amides is 1. The van der Waals surface area contributed by atoms with Gasteiger partial charge in [0.2, 0.25) is 5.91 Å². The molecule has 3 nitrogen and oxygen atoms in total. The lowest BCUT2D eigenvalue weighted by Gasteiger charge is -2.14. The van der Waals surface area contributed by atoms with Crippen molar-refractivity contribution in [3.05, 3.63) is 35.6 Å². The maximum absolute atomic E-state index is 12.8. The fraction of sp³-hybridized carbons (Fsp3) is 0.533. The summed E-state index contributed by atoms with van der Waals surface area (Å²) in [5, 5.41) is 2.88. The molecule has 2 unspecified atom stereocenters. The predicted octanol–water partition coefficient (Wildman–Crippen LogP) is 2.17. The van der Waals surface area contributed by atoms with Gasteiger partial charge in [-0.1, -0.05) is 19.1 Å². The molecule has 1 aliphatic carbocycles. The summed E-state index contributed by atoms with van der Waals surface area (Å²) < 4.78 is 12.8. The van der Waals surface area contributed by atoms with Crippen LogP contribution >= 0.6 is 0 Å². The molecule has 1 aromatic rings. The standard InChI is InChI=1S/C15H21FN2O/c1-10(11-4-6-13(16)7-5-11)8-15(19)18-9-14(17)12-2-3-12/h4-7,10,12,14H,2-3,8-9,17H2,1H3,(H,18,19). The molecular weight excluding hydrogens is 243 g/mol. The quantitative estimate of drug-likeness (QED) is 0.827. The van der Waals surface area contributed by atoms with Crippen molar-refractivity contribution >= 4 is 5.91 Å². The highest BCUT2D eigenvalue weighted by Crippen LogP contribution is 2.31. The van der Waals surface area contributed by atoms with Crippen LogP contribution < -0.4 is 11.1 Å². The molecule has 1 aliphatic rings. The highest BCUT2D eigenvalue weighted by Gasteiger charge is 2.28. The van der Waals surface area contributed by atoms with Crippen LogP contribution in [0.25, 0.3) is 0 Å². The van der Waals surface area contributed by atoms with Crippen LogP contribution in [-0.4, -0.2) is 18.5 Å². The molecule has 0 saturated heterocycles. The second-order valence-electron chi connectivity index (χ2n) is 5.46. The van der Waals surface area contributed by atoms with Gasteiger partial charge in [0, 0.05) is 19.0 Å². The van der Waals surface area contributed by atoms with Crippen LogP contribution in [0, 0.1) is 11.7 Å². The van der Waals surface area contributed by atoms with Gasteiger partial charge in [-0.05, 0) is 42.4 Å². The lowest BCUT2D eigenvalue weighted by molar-refractivity contribution is -0.121. The van der Waals surface area contributed by atoms with E-state index in [1.54, 1.807) is 12.1 Å². The zero-order valence-corrected chi connectivity index (χ0v) is 11.2. The number of nitrogens with two attached hydrogens (primary N) is 1. The van der Waals surface area contributed by atoms with E-state index in [9.17, 15) is 9.18 Å². The summed E-state index contributed by atoms with van der Waals surface area (Å²) in [5.74, 6) is 0.427. The minimum absolute atomic E-state index is 0.00734. The number of nitrogens with one attached hydrogen (secondary N) is 1. The second kappa shape index (κ2) is 6.15. The third-order valence-corrected chi connectivity index (χ3v) is 3.69. The normalized spacial score (nSPS) is 17.8. The molecule has 1 amide bonds. The Morgan fingerprint density at radius 1 is 1.42 bits per heavy atom. The molecule has 2 atom stereocenters. The van der Waals surface area contributed by atoms with E-state index in [0.717, 1.165) is 5.56 Å². The zero-order valence-electron chi connectivity index (χ0n) is 11.2. The molecule has 0 radical (unpaired) electrons. The minimum Gasteiger partial charge on any atom is -0.355 e. The Hall–Kier alpha value is -1.42. The van der Waals surface area contributed by atoms with Crippen molar-refractivity contribution in [3.8, 4) is 0 Å². The average molecular weight is 264 g/mol. The summed E-state index contributed by atoms with van der Waals surface area (Å²) in [7, 11) is 0. The molecule has 0 heterocycles. The van der Waals surface area contributed by atoms with Crippen molar-refractivity contribution in [1.82, 2.24) is 5.32 Å². The summed E-state index contributed by atoms with van der Waals surface area (Å²) in [4.78, 5) is 11.8. The van der Waals surface area contributed by atoms with Crippen molar-refractivity contribution in [2.75, 3.05) is 6.54 Å². The van der Waals surface area contributed by atoms with Gasteiger partial charge in [0.05, 0.1) is 0 Å². The Morgan fingerprint density at radius 3 is 2.63 bits per heavy atom. The average Bonchev–Trinajstić information content (AvgIpc) is 3.21. The van der Waals surface area contributed by atoms with E-state index in [-0.39, 0.29) is 23.7 Å². The van der Waals surface area contributed by atoms with Gasteiger partial charge in [0.15, 0.2) is 0 Å². The molecule has 2 rings (SSSR count). The van der Waals surface area contributed by atoms with Gasteiger partial charge in [-0.2, -0.15) is 0 Å². The molecule has 4 heteroatoms. The number of halogens is 1. The summed E-state index contributed by atoms with van der Waals surface area (Å²) in [6.07, 6.45) is 2.77. The Kier molecular flexibility index (Phi) is 4.53. The first-order valence-corrected chi connectivity index (χ1v) is 6.84. The van der Waals surface area contributed by atoms with E-state index in [2.05, 4.69) is 5.32 Å². The van der Waals surface area contributed by atoms with Crippen LogP contribution in [0.2, 0.25) is 0 Å². The van der Waals surface area contributed by atoms with E-state index in [1.807, 2.05) is 6.92 Å². The highest BCUT2D eigenvalue weighted by atomic mass is 19.1. The van der Waals surface area contributed by atoms with E-state index >= 15 is 0 Å². The van der Waals surface area contributed by atoms with Crippen molar-refractivity contribution in [2.24, 2.45) is 11.7 Å². The SMILES string of the molecule is CC(CC(=O)NCC(N)C1CC1)c1ccc(F)cc1. The largest absolute Gasteiger partial charge is 0.355 e. The smallest absolute Gasteiger partial charge is 0.220 e. The molecule has 0 bridgehead atoms. The second-order valence-corrected chi connectivity index (χ2v) is 5.46. The first kappa shape index (κ1) is 14.0. The van der Waals surface area contributed by atoms with Crippen molar-refractivity contribution in [3.63, 3.8) is 0 Å². The Morgan fingerprint density at radius 2 is 2.05 bits per heavy atom. The van der Waals surface area contributed by atoms with Gasteiger partial charge >= 0.3 is 0 Å². The predicted molar refractivity (Wildman–Crippen MR) is 73.1 cm³/mol. The van der Waals surface area contributed by atoms with Crippen LogP contribution in [0.1, 0.15) is 37.7 Å². The minimum atomic E-state index is -0.254. The van der Waals surface area contributed by atoms with Gasteiger partial charge in [-0.3, -0.25) is 4.79 Å². The lowest BCUT2D eigenvalue weighted by Crippen LogP contribution is -2.38. The van der Waals surface area contributed by atoms with E-state index < -0.39 is 0 Å². The van der Waals surface area contributed by atoms with Crippen molar-refractivity contribution in [2.45, 2.75) is 38.1 Å². The molecule has 1 saturated carbocycles. The van der Waals surface area contributed by atoms with Gasteiger partial charge in [-0.15, -0.1) is 0 Å². The number of hydrogen-bond donors (Lipinski definition) is 2.